The zero-order valence-corrected chi connectivity index (χ0v) is 19.5. The van der Waals surface area contributed by atoms with Gasteiger partial charge in [0.05, 0.1) is 22.1 Å². The van der Waals surface area contributed by atoms with Crippen LogP contribution in [0.4, 0.5) is 0 Å². The van der Waals surface area contributed by atoms with E-state index in [1.807, 2.05) is 0 Å². The Bertz CT molecular complexity index is 1650. The van der Waals surface area contributed by atoms with Crippen molar-refractivity contribution < 1.29 is 48.7 Å². The number of rotatable bonds is 1. The van der Waals surface area contributed by atoms with Crippen molar-refractivity contribution in [1.82, 2.24) is 0 Å². The van der Waals surface area contributed by atoms with Gasteiger partial charge in [0, 0.05) is 18.6 Å². The number of phenols is 4. The summed E-state index contributed by atoms with van der Waals surface area (Å²) in [6.45, 7) is 2.11. The number of carbonyl (C=O) groups is 3. The van der Waals surface area contributed by atoms with E-state index in [4.69, 9.17) is 13.9 Å². The number of aromatic hydroxyl groups is 4. The Morgan fingerprint density at radius 2 is 1.62 bits per heavy atom. The number of carbonyl (C=O) groups excluding carboxylic acids is 3. The first-order valence-corrected chi connectivity index (χ1v) is 11.4. The first-order chi connectivity index (χ1) is 17.4. The zero-order valence-electron chi connectivity index (χ0n) is 19.5. The molecule has 37 heavy (non-hydrogen) atoms. The van der Waals surface area contributed by atoms with Gasteiger partial charge in [-0.1, -0.05) is 0 Å². The van der Waals surface area contributed by atoms with E-state index in [1.54, 1.807) is 0 Å². The minimum atomic E-state index is -2.19. The lowest BCUT2D eigenvalue weighted by molar-refractivity contribution is -0.211. The Kier molecular flexibility index (Phi) is 4.42. The van der Waals surface area contributed by atoms with Crippen molar-refractivity contribution in [1.29, 1.82) is 0 Å². The van der Waals surface area contributed by atoms with Crippen molar-refractivity contribution in [3.63, 3.8) is 0 Å². The molecule has 4 heterocycles. The van der Waals surface area contributed by atoms with Gasteiger partial charge < -0.3 is 34.3 Å². The molecule has 0 saturated carbocycles. The van der Waals surface area contributed by atoms with E-state index in [9.17, 15) is 39.6 Å². The fourth-order valence-corrected chi connectivity index (χ4v) is 5.89. The highest BCUT2D eigenvalue weighted by molar-refractivity contribution is 6.22. The molecule has 190 valence electrons. The molecule has 1 aromatic heterocycles. The summed E-state index contributed by atoms with van der Waals surface area (Å²) in [4.78, 5) is 54.6. The van der Waals surface area contributed by atoms with E-state index >= 15 is 0 Å². The van der Waals surface area contributed by atoms with Crippen molar-refractivity contribution >= 4 is 28.3 Å². The number of ether oxygens (including phenoxy) is 2. The van der Waals surface area contributed by atoms with Gasteiger partial charge in [-0.3, -0.25) is 19.2 Å². The maximum atomic E-state index is 14.1. The average molecular weight is 508 g/mol. The summed E-state index contributed by atoms with van der Waals surface area (Å²) >= 11 is 0. The second kappa shape index (κ2) is 7.10. The van der Waals surface area contributed by atoms with Crippen molar-refractivity contribution in [2.45, 2.75) is 32.0 Å². The van der Waals surface area contributed by atoms with Gasteiger partial charge in [0.25, 0.3) is 0 Å². The first-order valence-electron chi connectivity index (χ1n) is 11.4. The Morgan fingerprint density at radius 1 is 0.973 bits per heavy atom. The third-order valence-corrected chi connectivity index (χ3v) is 7.61. The van der Waals surface area contributed by atoms with E-state index in [1.165, 1.54) is 13.8 Å². The number of hydrogen-bond donors (Lipinski definition) is 4. The predicted molar refractivity (Wildman–Crippen MR) is 123 cm³/mol. The molecule has 3 aliphatic rings. The number of Topliss-reactive ketones (excluding diaryl/α,β-unsaturated/α-hetero) is 3. The topological polar surface area (TPSA) is 181 Å². The summed E-state index contributed by atoms with van der Waals surface area (Å²) in [5, 5.41) is 39.6. The SMILES string of the molecule is CC(=O)[C@H]1C(=O)[C@]2(COc3cc(O)c(O)cc3C2=O)C2O[C@@]1(C)Cc1oc3cc(O)c(O)cc3c(=O)c12. The molecule has 11 heteroatoms. The predicted octanol–water partition coefficient (Wildman–Crippen LogP) is 2.04. The van der Waals surface area contributed by atoms with Crippen LogP contribution in [0.3, 0.4) is 0 Å². The summed E-state index contributed by atoms with van der Waals surface area (Å²) in [6.07, 6.45) is -1.68. The highest BCUT2D eigenvalue weighted by Gasteiger charge is 2.69. The van der Waals surface area contributed by atoms with Gasteiger partial charge in [0.15, 0.2) is 45.4 Å². The molecule has 4 N–H and O–H groups in total. The van der Waals surface area contributed by atoms with Crippen LogP contribution >= 0.6 is 0 Å². The molecule has 11 nitrogen and oxygen atoms in total. The lowest BCUT2D eigenvalue weighted by Crippen LogP contribution is -2.67. The van der Waals surface area contributed by atoms with E-state index in [0.29, 0.717) is 0 Å². The number of phenolic OH excluding ortho intramolecular Hbond substituents is 4. The highest BCUT2D eigenvalue weighted by atomic mass is 16.5. The van der Waals surface area contributed by atoms with Gasteiger partial charge in [0.2, 0.25) is 0 Å². The monoisotopic (exact) mass is 508 g/mol. The van der Waals surface area contributed by atoms with Crippen LogP contribution < -0.4 is 10.2 Å². The van der Waals surface area contributed by atoms with Crippen molar-refractivity contribution in [2.24, 2.45) is 11.3 Å². The summed E-state index contributed by atoms with van der Waals surface area (Å²) in [7, 11) is 0. The van der Waals surface area contributed by atoms with Crippen molar-refractivity contribution in [3.05, 3.63) is 51.4 Å². The number of benzene rings is 2. The van der Waals surface area contributed by atoms with Crippen molar-refractivity contribution in [3.8, 4) is 28.7 Å². The van der Waals surface area contributed by atoms with Crippen LogP contribution in [0, 0.1) is 11.3 Å². The van der Waals surface area contributed by atoms with Crippen LogP contribution in [0.15, 0.2) is 33.5 Å². The van der Waals surface area contributed by atoms with Crippen LogP contribution in [0.5, 0.6) is 28.7 Å². The summed E-state index contributed by atoms with van der Waals surface area (Å²) in [5.74, 6) is -5.91. The molecule has 3 aliphatic heterocycles. The molecule has 1 saturated heterocycles. The summed E-state index contributed by atoms with van der Waals surface area (Å²) in [6, 6.07) is 4.06. The Labute approximate surface area is 207 Å². The Hall–Kier alpha value is -4.38. The second-order valence-corrected chi connectivity index (χ2v) is 9.93. The van der Waals surface area contributed by atoms with Crippen LogP contribution in [-0.4, -0.2) is 50.0 Å². The number of ketones is 3. The summed E-state index contributed by atoms with van der Waals surface area (Å²) in [5.41, 5.74) is -4.77. The normalized spacial score (nSPS) is 28.1. The van der Waals surface area contributed by atoms with Crippen LogP contribution in [0.25, 0.3) is 11.0 Å². The van der Waals surface area contributed by atoms with Crippen LogP contribution in [0.1, 0.15) is 41.6 Å². The molecule has 6 rings (SSSR count). The van der Waals surface area contributed by atoms with Gasteiger partial charge >= 0.3 is 0 Å². The zero-order chi connectivity index (χ0) is 26.6. The lowest BCUT2D eigenvalue weighted by Gasteiger charge is -2.54. The van der Waals surface area contributed by atoms with Gasteiger partial charge in [0.1, 0.15) is 41.5 Å². The van der Waals surface area contributed by atoms with E-state index < -0.39 is 75.4 Å². The van der Waals surface area contributed by atoms with Crippen LogP contribution in [-0.2, 0) is 20.7 Å². The first kappa shape index (κ1) is 23.0. The van der Waals surface area contributed by atoms with E-state index in [0.717, 1.165) is 24.3 Å². The van der Waals surface area contributed by atoms with E-state index in [-0.39, 0.29) is 40.0 Å². The molecule has 3 aromatic rings. The molecule has 4 atom stereocenters. The molecule has 1 unspecified atom stereocenters. The van der Waals surface area contributed by atoms with Gasteiger partial charge in [-0.2, -0.15) is 0 Å². The largest absolute Gasteiger partial charge is 0.504 e. The molecule has 0 aliphatic carbocycles. The van der Waals surface area contributed by atoms with Gasteiger partial charge in [-0.15, -0.1) is 0 Å². The van der Waals surface area contributed by atoms with Gasteiger partial charge in [-0.25, -0.2) is 0 Å². The molecule has 1 spiro atoms. The second-order valence-electron chi connectivity index (χ2n) is 9.93. The van der Waals surface area contributed by atoms with E-state index in [2.05, 4.69) is 0 Å². The maximum Gasteiger partial charge on any atom is 0.198 e. The fourth-order valence-electron chi connectivity index (χ4n) is 5.89. The fraction of sp³-hybridized carbons (Fsp3) is 0.308. The third kappa shape index (κ3) is 2.80. The Balaban J connectivity index is 1.67. The molecular weight excluding hydrogens is 488 g/mol. The Morgan fingerprint density at radius 3 is 2.32 bits per heavy atom. The standard InChI is InChI=1S/C26H20O11/c1-9(27)20-23(34)26(8-35-16-5-14(30)13(29)4-11(16)22(26)33)24-19-18(7-25(20,2)37-24)36-17-6-15(31)12(28)3-10(17)21(19)32/h3-6,20,24,28-31H,7-8H2,1-2H3/t20-,24?,25-,26+/m0/s1. The molecule has 2 bridgehead atoms. The quantitative estimate of drug-likeness (QED) is 0.279. The molecule has 0 radical (unpaired) electrons. The average Bonchev–Trinajstić information content (AvgIpc) is 2.81. The number of fused-ring (bicyclic) bond motifs is 7. The summed E-state index contributed by atoms with van der Waals surface area (Å²) < 4.78 is 17.9. The molecule has 1 fully saturated rings. The molecular formula is C26H20O11. The highest BCUT2D eigenvalue weighted by Crippen LogP contribution is 2.58. The lowest BCUT2D eigenvalue weighted by atomic mass is 9.58. The minimum absolute atomic E-state index is 0.0423. The maximum absolute atomic E-state index is 14.1. The van der Waals surface area contributed by atoms with Crippen LogP contribution in [0.2, 0.25) is 0 Å². The third-order valence-electron chi connectivity index (χ3n) is 7.61. The smallest absolute Gasteiger partial charge is 0.198 e. The van der Waals surface area contributed by atoms with Gasteiger partial charge in [-0.05, 0) is 26.0 Å². The van der Waals surface area contributed by atoms with Crippen molar-refractivity contribution in [2.75, 3.05) is 6.61 Å². The number of hydrogen-bond acceptors (Lipinski definition) is 11. The molecule has 0 amide bonds. The minimum Gasteiger partial charge on any atom is -0.504 e. The molecule has 2 aromatic carbocycles.